The lowest BCUT2D eigenvalue weighted by Crippen LogP contribution is -2.10. The molecule has 1 aromatic heterocycles. The van der Waals surface area contributed by atoms with E-state index < -0.39 is 0 Å². The van der Waals surface area contributed by atoms with Gasteiger partial charge in [0.1, 0.15) is 0 Å². The van der Waals surface area contributed by atoms with E-state index in [4.69, 9.17) is 10.6 Å². The van der Waals surface area contributed by atoms with Gasteiger partial charge in [0.15, 0.2) is 0 Å². The molecule has 0 unspecified atom stereocenters. The molecular weight excluding hydrogens is 136 g/mol. The number of aryl methyl sites for hydroxylation is 1. The van der Waals surface area contributed by atoms with Crippen LogP contribution < -0.4 is 4.80 Å². The Balaban J connectivity index is 3.47. The summed E-state index contributed by atoms with van der Waals surface area (Å²) in [6.07, 6.45) is 0. The normalized spacial score (nSPS) is 10.0. The van der Waals surface area contributed by atoms with Crippen molar-refractivity contribution < 1.29 is 5.21 Å². The highest BCUT2D eigenvalue weighted by Gasteiger charge is 2.00. The van der Waals surface area contributed by atoms with E-state index in [9.17, 15) is 0 Å². The summed E-state index contributed by atoms with van der Waals surface area (Å²) >= 11 is 1.28. The number of thiazole rings is 1. The van der Waals surface area contributed by atoms with Crippen molar-refractivity contribution in [2.75, 3.05) is 0 Å². The van der Waals surface area contributed by atoms with Crippen LogP contribution in [-0.2, 0) is 0 Å². The minimum atomic E-state index is 0.185. The van der Waals surface area contributed by atoms with Gasteiger partial charge in [0.2, 0.25) is 4.80 Å². The second-order valence-electron chi connectivity index (χ2n) is 1.86. The molecule has 2 N–H and O–H groups in total. The lowest BCUT2D eigenvalue weighted by molar-refractivity contribution is 0.169. The van der Waals surface area contributed by atoms with Crippen LogP contribution in [0.1, 0.15) is 10.6 Å². The lowest BCUT2D eigenvalue weighted by Gasteiger charge is -1.90. The molecule has 1 rings (SSSR count). The highest BCUT2D eigenvalue weighted by atomic mass is 32.1. The third kappa shape index (κ3) is 0.853. The summed E-state index contributed by atoms with van der Waals surface area (Å²) in [5, 5.41) is 16.1. The van der Waals surface area contributed by atoms with E-state index in [-0.39, 0.29) is 4.80 Å². The fourth-order valence-electron chi connectivity index (χ4n) is 0.564. The first-order chi connectivity index (χ1) is 4.13. The molecule has 0 saturated heterocycles. The van der Waals surface area contributed by atoms with Gasteiger partial charge in [0.25, 0.3) is 0 Å². The van der Waals surface area contributed by atoms with E-state index >= 15 is 0 Å². The number of rotatable bonds is 0. The number of hydrogen-bond acceptors (Lipinski definition) is 3. The maximum atomic E-state index is 8.97. The molecule has 0 saturated carbocycles. The topological polar surface area (TPSA) is 49.0 Å². The first-order valence-electron chi connectivity index (χ1n) is 2.56. The van der Waals surface area contributed by atoms with Gasteiger partial charge in [-0.05, 0) is 13.8 Å². The Morgan fingerprint density at radius 2 is 2.11 bits per heavy atom. The van der Waals surface area contributed by atoms with Crippen molar-refractivity contribution in [3.63, 3.8) is 0 Å². The SMILES string of the molecule is Cc1sc(=N)n(O)c1C. The third-order valence-electron chi connectivity index (χ3n) is 1.27. The molecule has 0 aliphatic rings. The van der Waals surface area contributed by atoms with E-state index in [1.807, 2.05) is 6.92 Å². The van der Waals surface area contributed by atoms with Crippen LogP contribution in [0.4, 0.5) is 0 Å². The Hall–Kier alpha value is -0.770. The summed E-state index contributed by atoms with van der Waals surface area (Å²) < 4.78 is 0.889. The van der Waals surface area contributed by atoms with Crippen molar-refractivity contribution in [3.05, 3.63) is 15.4 Å². The average Bonchev–Trinajstić information content (AvgIpc) is 1.98. The fourth-order valence-corrected chi connectivity index (χ4v) is 1.31. The molecule has 0 radical (unpaired) electrons. The highest BCUT2D eigenvalue weighted by molar-refractivity contribution is 7.09. The molecule has 0 spiro atoms. The zero-order chi connectivity index (χ0) is 7.02. The molecule has 0 amide bonds. The van der Waals surface area contributed by atoms with Crippen molar-refractivity contribution in [2.24, 2.45) is 0 Å². The predicted molar refractivity (Wildman–Crippen MR) is 34.8 cm³/mol. The zero-order valence-corrected chi connectivity index (χ0v) is 6.12. The van der Waals surface area contributed by atoms with Crippen molar-refractivity contribution in [2.45, 2.75) is 13.8 Å². The third-order valence-corrected chi connectivity index (χ3v) is 2.24. The van der Waals surface area contributed by atoms with Gasteiger partial charge >= 0.3 is 0 Å². The van der Waals surface area contributed by atoms with E-state index in [1.165, 1.54) is 11.3 Å². The second-order valence-corrected chi connectivity index (χ2v) is 3.06. The Morgan fingerprint density at radius 3 is 2.22 bits per heavy atom. The van der Waals surface area contributed by atoms with Crippen molar-refractivity contribution in [1.82, 2.24) is 4.73 Å². The Bertz CT molecular complexity index is 273. The summed E-state index contributed by atoms with van der Waals surface area (Å²) in [4.78, 5) is 1.17. The molecule has 0 fully saturated rings. The first-order valence-corrected chi connectivity index (χ1v) is 3.37. The molecule has 0 bridgehead atoms. The Labute approximate surface area is 56.7 Å². The number of hydrogen-bond donors (Lipinski definition) is 2. The number of nitrogens with one attached hydrogen (secondary N) is 1. The molecule has 9 heavy (non-hydrogen) atoms. The van der Waals surface area contributed by atoms with Crippen molar-refractivity contribution in [3.8, 4) is 0 Å². The highest BCUT2D eigenvalue weighted by Crippen LogP contribution is 2.06. The van der Waals surface area contributed by atoms with E-state index in [1.54, 1.807) is 6.92 Å². The Kier molecular flexibility index (Phi) is 1.32. The smallest absolute Gasteiger partial charge is 0.216 e. The van der Waals surface area contributed by atoms with Gasteiger partial charge in [0, 0.05) is 4.88 Å². The number of aromatic nitrogens is 1. The van der Waals surface area contributed by atoms with Crippen molar-refractivity contribution in [1.29, 1.82) is 5.41 Å². The fraction of sp³-hybridized carbons (Fsp3) is 0.400. The lowest BCUT2D eigenvalue weighted by atomic mass is 10.4. The molecule has 50 valence electrons. The monoisotopic (exact) mass is 144 g/mol. The summed E-state index contributed by atoms with van der Waals surface area (Å²) in [6, 6.07) is 0. The molecule has 0 aliphatic carbocycles. The summed E-state index contributed by atoms with van der Waals surface area (Å²) in [6.45, 7) is 3.66. The molecule has 3 nitrogen and oxygen atoms in total. The molecular formula is C5H8N2OS. The molecule has 1 heterocycles. The first kappa shape index (κ1) is 6.35. The predicted octanol–water partition coefficient (Wildman–Crippen LogP) is 0.883. The van der Waals surface area contributed by atoms with Crippen LogP contribution >= 0.6 is 11.3 Å². The standard InChI is InChI=1S/C5H8N2OS/c1-3-4(2)9-5(6)7(3)8/h6,8H,1-2H3. The second kappa shape index (κ2) is 1.88. The van der Waals surface area contributed by atoms with Crippen LogP contribution in [0.5, 0.6) is 0 Å². The maximum Gasteiger partial charge on any atom is 0.216 e. The summed E-state index contributed by atoms with van der Waals surface area (Å²) in [5.74, 6) is 0. The van der Waals surface area contributed by atoms with Crippen LogP contribution in [0, 0.1) is 19.3 Å². The minimum absolute atomic E-state index is 0.185. The zero-order valence-electron chi connectivity index (χ0n) is 5.30. The van der Waals surface area contributed by atoms with Crippen LogP contribution in [0.3, 0.4) is 0 Å². The molecule has 0 aliphatic heterocycles. The summed E-state index contributed by atoms with van der Waals surface area (Å²) in [5.41, 5.74) is 0.755. The van der Waals surface area contributed by atoms with Crippen LogP contribution in [0.25, 0.3) is 0 Å². The molecule has 1 aromatic rings. The largest absolute Gasteiger partial charge is 0.426 e. The van der Waals surface area contributed by atoms with Crippen LogP contribution in [-0.4, -0.2) is 9.94 Å². The van der Waals surface area contributed by atoms with Gasteiger partial charge in [-0.1, -0.05) is 11.3 Å². The van der Waals surface area contributed by atoms with Gasteiger partial charge in [-0.3, -0.25) is 5.41 Å². The van der Waals surface area contributed by atoms with E-state index in [0.717, 1.165) is 15.3 Å². The quantitative estimate of drug-likeness (QED) is 0.522. The maximum absolute atomic E-state index is 8.97. The van der Waals surface area contributed by atoms with Crippen LogP contribution in [0.2, 0.25) is 0 Å². The summed E-state index contributed by atoms with van der Waals surface area (Å²) in [7, 11) is 0. The number of nitrogens with zero attached hydrogens (tertiary/aromatic N) is 1. The molecule has 0 aromatic carbocycles. The Morgan fingerprint density at radius 1 is 1.56 bits per heavy atom. The molecule has 4 heteroatoms. The molecule has 0 atom stereocenters. The van der Waals surface area contributed by atoms with Gasteiger partial charge in [-0.2, -0.15) is 4.73 Å². The van der Waals surface area contributed by atoms with E-state index in [2.05, 4.69) is 0 Å². The minimum Gasteiger partial charge on any atom is -0.426 e. The van der Waals surface area contributed by atoms with Gasteiger partial charge in [0.05, 0.1) is 5.69 Å². The van der Waals surface area contributed by atoms with Crippen LogP contribution in [0.15, 0.2) is 0 Å². The van der Waals surface area contributed by atoms with Gasteiger partial charge in [-0.25, -0.2) is 0 Å². The average molecular weight is 144 g/mol. The van der Waals surface area contributed by atoms with E-state index in [0.29, 0.717) is 0 Å². The van der Waals surface area contributed by atoms with Gasteiger partial charge < -0.3 is 5.21 Å². The van der Waals surface area contributed by atoms with Crippen molar-refractivity contribution >= 4 is 11.3 Å². The van der Waals surface area contributed by atoms with Gasteiger partial charge in [-0.15, -0.1) is 0 Å².